The Morgan fingerprint density at radius 2 is 1.29 bits per heavy atom. The number of rotatable bonds is 2. The lowest BCUT2D eigenvalue weighted by atomic mass is 10.1. The van der Waals surface area contributed by atoms with E-state index in [1.807, 2.05) is 44.2 Å². The van der Waals surface area contributed by atoms with Crippen molar-refractivity contribution in [3.05, 3.63) is 58.1 Å². The molecule has 0 bridgehead atoms. The van der Waals surface area contributed by atoms with Crippen molar-refractivity contribution in [3.63, 3.8) is 0 Å². The van der Waals surface area contributed by atoms with Gasteiger partial charge in [-0.25, -0.2) is 0 Å². The number of anilines is 2. The summed E-state index contributed by atoms with van der Waals surface area (Å²) in [6.45, 7) is 6.02. The van der Waals surface area contributed by atoms with Crippen molar-refractivity contribution in [3.8, 4) is 0 Å². The zero-order valence-corrected chi connectivity index (χ0v) is 16.0. The maximum atomic E-state index is 6.09. The minimum absolute atomic E-state index is 0.394. The van der Waals surface area contributed by atoms with Crippen LogP contribution in [0.25, 0.3) is 0 Å². The second-order valence-corrected chi connectivity index (χ2v) is 6.54. The third-order valence-electron chi connectivity index (χ3n) is 3.66. The molecule has 0 spiro atoms. The molecule has 2 rings (SSSR count). The van der Waals surface area contributed by atoms with Gasteiger partial charge in [-0.05, 0) is 80.1 Å². The largest absolute Gasteiger partial charge is 0.331 e. The average molecular weight is 379 g/mol. The van der Waals surface area contributed by atoms with Gasteiger partial charge >= 0.3 is 0 Å². The molecular weight excluding hydrogens is 360 g/mol. The molecule has 0 amide bonds. The Balaban J connectivity index is 1.88. The minimum atomic E-state index is 0.394. The molecule has 4 N–H and O–H groups in total. The number of benzene rings is 2. The summed E-state index contributed by atoms with van der Waals surface area (Å²) in [7, 11) is 0. The number of halogens is 1. The Morgan fingerprint density at radius 1 is 0.792 bits per heavy atom. The van der Waals surface area contributed by atoms with Crippen LogP contribution in [-0.4, -0.2) is 10.2 Å². The van der Waals surface area contributed by atoms with Crippen LogP contribution in [0, 0.1) is 20.8 Å². The topological polar surface area (TPSA) is 48.1 Å². The van der Waals surface area contributed by atoms with E-state index in [2.05, 4.69) is 34.5 Å². The monoisotopic (exact) mass is 378 g/mol. The van der Waals surface area contributed by atoms with E-state index in [1.54, 1.807) is 0 Å². The van der Waals surface area contributed by atoms with Crippen LogP contribution in [0.15, 0.2) is 36.4 Å². The number of aryl methyl sites for hydroxylation is 1. The first-order valence-electron chi connectivity index (χ1n) is 7.34. The molecule has 0 unspecified atom stereocenters. The van der Waals surface area contributed by atoms with E-state index >= 15 is 0 Å². The highest BCUT2D eigenvalue weighted by molar-refractivity contribution is 7.81. The normalized spacial score (nSPS) is 10.0. The van der Waals surface area contributed by atoms with Crippen molar-refractivity contribution in [2.45, 2.75) is 20.8 Å². The molecule has 0 saturated carbocycles. The maximum absolute atomic E-state index is 6.09. The molecule has 0 radical (unpaired) electrons. The van der Waals surface area contributed by atoms with Gasteiger partial charge in [-0.2, -0.15) is 0 Å². The standard InChI is InChI=1S/C17H19ClN4S2/c1-10-6-4-8-14(11(10)2)19-16(23)21-22-17(24)20-15-9-5-7-13(18)12(15)3/h4-9H,1-3H3,(H2,19,21,23)(H2,20,22,24). The van der Waals surface area contributed by atoms with Crippen molar-refractivity contribution < 1.29 is 0 Å². The van der Waals surface area contributed by atoms with E-state index < -0.39 is 0 Å². The number of nitrogens with one attached hydrogen (secondary N) is 4. The highest BCUT2D eigenvalue weighted by Crippen LogP contribution is 2.22. The summed E-state index contributed by atoms with van der Waals surface area (Å²) in [6.07, 6.45) is 0. The summed E-state index contributed by atoms with van der Waals surface area (Å²) < 4.78 is 0. The van der Waals surface area contributed by atoms with Crippen LogP contribution < -0.4 is 21.5 Å². The Morgan fingerprint density at radius 3 is 1.88 bits per heavy atom. The lowest BCUT2D eigenvalue weighted by Crippen LogP contribution is -2.45. The number of hydrogen-bond acceptors (Lipinski definition) is 2. The molecule has 0 aliphatic rings. The van der Waals surface area contributed by atoms with Crippen LogP contribution in [0.1, 0.15) is 16.7 Å². The predicted octanol–water partition coefficient (Wildman–Crippen LogP) is 4.45. The Kier molecular flexibility index (Phi) is 6.36. The molecule has 2 aromatic carbocycles. The van der Waals surface area contributed by atoms with Crippen molar-refractivity contribution in [1.82, 2.24) is 10.9 Å². The molecule has 7 heteroatoms. The number of hydrazine groups is 1. The summed E-state index contributed by atoms with van der Waals surface area (Å²) in [5.41, 5.74) is 10.8. The fourth-order valence-electron chi connectivity index (χ4n) is 2.05. The van der Waals surface area contributed by atoms with E-state index in [1.165, 1.54) is 5.56 Å². The quantitative estimate of drug-likeness (QED) is 0.457. The molecule has 0 heterocycles. The SMILES string of the molecule is Cc1cccc(NC(=S)NNC(=S)Nc2cccc(Cl)c2C)c1C. The fourth-order valence-corrected chi connectivity index (χ4v) is 2.55. The second kappa shape index (κ2) is 8.28. The van der Waals surface area contributed by atoms with Crippen LogP contribution in [0.2, 0.25) is 5.02 Å². The van der Waals surface area contributed by atoms with Crippen LogP contribution in [0.4, 0.5) is 11.4 Å². The van der Waals surface area contributed by atoms with Gasteiger partial charge in [-0.15, -0.1) is 0 Å². The van der Waals surface area contributed by atoms with Gasteiger partial charge < -0.3 is 10.6 Å². The molecule has 0 aliphatic heterocycles. The van der Waals surface area contributed by atoms with Crippen LogP contribution in [-0.2, 0) is 0 Å². The van der Waals surface area contributed by atoms with Gasteiger partial charge in [0.05, 0.1) is 0 Å². The van der Waals surface area contributed by atoms with Crippen molar-refractivity contribution in [1.29, 1.82) is 0 Å². The summed E-state index contributed by atoms with van der Waals surface area (Å²) in [6, 6.07) is 11.6. The Hall–Kier alpha value is -1.89. The van der Waals surface area contributed by atoms with Gasteiger partial charge in [-0.1, -0.05) is 29.8 Å². The van der Waals surface area contributed by atoms with E-state index in [4.69, 9.17) is 36.0 Å². The van der Waals surface area contributed by atoms with Crippen LogP contribution >= 0.6 is 36.0 Å². The van der Waals surface area contributed by atoms with Crippen molar-refractivity contribution in [2.24, 2.45) is 0 Å². The first kappa shape index (κ1) is 18.4. The lowest BCUT2D eigenvalue weighted by molar-refractivity contribution is 0.885. The molecule has 0 fully saturated rings. The van der Waals surface area contributed by atoms with Crippen LogP contribution in [0.5, 0.6) is 0 Å². The fraction of sp³-hybridized carbons (Fsp3) is 0.176. The average Bonchev–Trinajstić information content (AvgIpc) is 2.54. The summed E-state index contributed by atoms with van der Waals surface area (Å²) in [5.74, 6) is 0. The van der Waals surface area contributed by atoms with Gasteiger partial charge in [0.25, 0.3) is 0 Å². The minimum Gasteiger partial charge on any atom is -0.331 e. The maximum Gasteiger partial charge on any atom is 0.189 e. The first-order chi connectivity index (χ1) is 11.4. The summed E-state index contributed by atoms with van der Waals surface area (Å²) in [4.78, 5) is 0. The number of thiocarbonyl (C=S) groups is 2. The van der Waals surface area contributed by atoms with E-state index in [0.29, 0.717) is 15.2 Å². The van der Waals surface area contributed by atoms with Gasteiger partial charge in [-0.3, -0.25) is 10.9 Å². The Bertz CT molecular complexity index is 712. The zero-order chi connectivity index (χ0) is 17.7. The summed E-state index contributed by atoms with van der Waals surface area (Å²) in [5, 5.41) is 7.72. The predicted molar refractivity (Wildman–Crippen MR) is 111 cm³/mol. The van der Waals surface area contributed by atoms with E-state index in [0.717, 1.165) is 22.5 Å². The molecule has 2 aromatic rings. The highest BCUT2D eigenvalue weighted by atomic mass is 35.5. The smallest absolute Gasteiger partial charge is 0.189 e. The molecule has 0 saturated heterocycles. The van der Waals surface area contributed by atoms with Crippen molar-refractivity contribution >= 4 is 57.6 Å². The third-order valence-corrected chi connectivity index (χ3v) is 4.48. The highest BCUT2D eigenvalue weighted by Gasteiger charge is 2.05. The van der Waals surface area contributed by atoms with Crippen LogP contribution in [0.3, 0.4) is 0 Å². The van der Waals surface area contributed by atoms with Crippen molar-refractivity contribution in [2.75, 3.05) is 10.6 Å². The first-order valence-corrected chi connectivity index (χ1v) is 8.53. The Labute approximate surface area is 158 Å². The number of hydrogen-bond donors (Lipinski definition) is 4. The molecule has 0 aliphatic carbocycles. The lowest BCUT2D eigenvalue weighted by Gasteiger charge is -2.17. The molecule has 0 atom stereocenters. The van der Waals surface area contributed by atoms with Gasteiger partial charge in [0.1, 0.15) is 0 Å². The molecule has 4 nitrogen and oxygen atoms in total. The molecule has 24 heavy (non-hydrogen) atoms. The zero-order valence-electron chi connectivity index (χ0n) is 13.7. The summed E-state index contributed by atoms with van der Waals surface area (Å²) >= 11 is 16.6. The molecular formula is C17H19ClN4S2. The molecule has 0 aromatic heterocycles. The van der Waals surface area contributed by atoms with Gasteiger partial charge in [0.15, 0.2) is 10.2 Å². The van der Waals surface area contributed by atoms with Gasteiger partial charge in [0.2, 0.25) is 0 Å². The van der Waals surface area contributed by atoms with Gasteiger partial charge in [0, 0.05) is 16.4 Å². The van der Waals surface area contributed by atoms with E-state index in [-0.39, 0.29) is 0 Å². The van der Waals surface area contributed by atoms with E-state index in [9.17, 15) is 0 Å². The molecule has 126 valence electrons. The third kappa shape index (κ3) is 4.80. The second-order valence-electron chi connectivity index (χ2n) is 5.32.